The number of carbonyl (C=O) groups is 15. The Morgan fingerprint density at radius 2 is 1.16 bits per heavy atom. The van der Waals surface area contributed by atoms with Crippen LogP contribution in [-0.4, -0.2) is 317 Å². The monoisotopic (exact) mass is 1760 g/mol. The summed E-state index contributed by atoms with van der Waals surface area (Å²) in [6.07, 6.45) is -22.1. The number of β-amino-alcohol motifs (C(OH)–C–C–N with tert-alkyl or cyclic N) is 1. The minimum Gasteiger partial charge on any atom is -0.548 e. The molecule has 660 valence electrons. The summed E-state index contributed by atoms with van der Waals surface area (Å²) in [5.41, 5.74) is 12.4. The van der Waals surface area contributed by atoms with Gasteiger partial charge in [0.15, 0.2) is 18.9 Å². The predicted molar refractivity (Wildman–Crippen MR) is 417 cm³/mol. The molecule has 23 atom stereocenters. The molecule has 4 heterocycles. The molecule has 1 saturated heterocycles. The lowest BCUT2D eigenvalue weighted by atomic mass is 9.92. The van der Waals surface area contributed by atoms with Crippen LogP contribution in [0.5, 0.6) is 0 Å². The number of aliphatic carboxylic acids is 1. The van der Waals surface area contributed by atoms with Crippen LogP contribution in [0.2, 0.25) is 0 Å². The lowest BCUT2D eigenvalue weighted by molar-refractivity contribution is -0.923. The molecule has 121 heavy (non-hydrogen) atoms. The third-order valence-electron chi connectivity index (χ3n) is 20.0. The molecule has 3 aromatic carbocycles. The highest BCUT2D eigenvalue weighted by Gasteiger charge is 2.52. The fraction of sp³-hybridized carbons (Fsp3) is 0.487. The number of hydrogen-bond acceptors (Lipinski definition) is 29. The van der Waals surface area contributed by atoms with Gasteiger partial charge in [0.1, 0.15) is 84.5 Å². The summed E-state index contributed by atoms with van der Waals surface area (Å²) in [4.78, 5) is 215. The number of primary amides is 2. The third kappa shape index (κ3) is 27.9. The van der Waals surface area contributed by atoms with E-state index in [4.69, 9.17) is 16.2 Å². The van der Waals surface area contributed by atoms with Gasteiger partial charge in [-0.3, -0.25) is 72.0 Å². The summed E-state index contributed by atoms with van der Waals surface area (Å²) < 4.78 is 6.47. The van der Waals surface area contributed by atoms with E-state index in [0.717, 1.165) is 18.0 Å². The number of carbonyl (C=O) groups excluding carboxylic acids is 15. The van der Waals surface area contributed by atoms with E-state index in [1.807, 2.05) is 10.6 Å². The van der Waals surface area contributed by atoms with E-state index in [-0.39, 0.29) is 16.2 Å². The van der Waals surface area contributed by atoms with Crippen molar-refractivity contribution in [2.45, 2.75) is 193 Å². The standard InChI is InChI=1S/C76H101BrN16O28/c1-34(14-15-37-10-6-4-7-11-37)20-51(99)43-26-56(103)82-49(30-94)69(113)87-48-29-92-28-41(93(33-92)75-63(107)62(106)60(104)53(32-96)121-75)22-45(66(110)90-58(36(3)97)73(117)88-50(31-95)70(114)84-44(65(109)83-43)21-38-12-8-5-9-13-38)81-55(102)24-42(98)23-47(76(119)120)86-71(115)52(100)27-80-72(116)57(35(2)39-16-18-40(77)19-17-39)89-74(118)59(61(105)64(79)108)91-67(111)46(25-54(78)101)85-68(48)112/h4-20,28,35-36,42-53,57-63,75,94-100,104-107H,21-27,29-33H2,1-3H3,(H2,78,101)(H2,79,108)(H,80,116)(H,81,102)(H,82,103)(H,83,109)(H,84,114)(H,85,112)(H,86,115)(H,87,113)(H,88,117)(H,89,118)(H,90,110)(H,91,111)(H,119,120)/b15-14+,34-20+/t35-,36-,42+,43-,44-,45-,46-,47-,48+,49-,50-,51-,52-,53+,57-,58-,59-,60-,61+,62-,63+,75+/m0/s1. The van der Waals surface area contributed by atoms with Gasteiger partial charge in [-0.25, -0.2) is 0 Å². The van der Waals surface area contributed by atoms with Crippen LogP contribution in [0, 0.1) is 0 Å². The molecule has 1 unspecified atom stereocenters. The number of ether oxygens (including phenoxy) is 1. The zero-order valence-electron chi connectivity index (χ0n) is 65.4. The first-order chi connectivity index (χ1) is 57.2. The summed E-state index contributed by atoms with van der Waals surface area (Å²) >= 11 is 3.28. The second-order valence-corrected chi connectivity index (χ2v) is 30.3. The maximum absolute atomic E-state index is 15.4. The molecule has 4 aliphatic heterocycles. The number of halogens is 1. The number of aliphatic hydroxyl groups excluding tert-OH is 11. The van der Waals surface area contributed by atoms with Gasteiger partial charge < -0.3 is 151 Å². The van der Waals surface area contributed by atoms with Crippen molar-refractivity contribution in [1.82, 2.24) is 68.7 Å². The average molecular weight is 1770 g/mol. The first kappa shape index (κ1) is 96.8. The second kappa shape index (κ2) is 45.4. The van der Waals surface area contributed by atoms with Crippen LogP contribution in [0.3, 0.4) is 0 Å². The van der Waals surface area contributed by atoms with Crippen molar-refractivity contribution in [2.75, 3.05) is 39.6 Å². The molecule has 0 aromatic heterocycles. The Kier molecular flexibility index (Phi) is 36.3. The molecule has 4 aliphatic rings. The largest absolute Gasteiger partial charge is 0.548 e. The SMILES string of the molecule is CC(/C=C/c1ccccc1)=C\[C@H](O)[C@@H]1CC(=O)N[C@@H](CO)C(=O)N[C@@H]2CN3C=C(C[C@H](NC(=O)C[C@H](O)C[C@@H](C(=O)[O-])NC(=O)[C@@H](O)CNC(=O)[C@H]([C@@H](C)c4ccc(Br)cc4)NC(=O)[C@H]([C@@H](O)C(N)=O)NC(=O)[C@H](CC(N)=O)NC2=O)C(=O)N[C@@H]([C@H](C)O)C(=O)N[C@@H](CO)C(=O)N[C@@H](Cc2ccccc2)C(=O)N1)[NH+]([C@@H]1O[C@H](CO)[C@H](O)[C@H](O)[C@H]1O)C3. The lowest BCUT2D eigenvalue weighted by Gasteiger charge is -2.42. The summed E-state index contributed by atoms with van der Waals surface area (Å²) in [6.45, 7) is -2.80. The van der Waals surface area contributed by atoms with Gasteiger partial charge in [0, 0.05) is 23.2 Å². The van der Waals surface area contributed by atoms with Gasteiger partial charge in [0.25, 0.3) is 5.91 Å². The fourth-order valence-electron chi connectivity index (χ4n) is 13.3. The topological polar surface area (TPSA) is 715 Å². The van der Waals surface area contributed by atoms with Crippen molar-refractivity contribution in [1.29, 1.82) is 0 Å². The van der Waals surface area contributed by atoms with E-state index in [1.54, 1.807) is 60.7 Å². The number of nitrogens with zero attached hydrogens (tertiary/aromatic N) is 1. The number of quaternary nitrogens is 1. The van der Waals surface area contributed by atoms with E-state index in [0.29, 0.717) is 21.2 Å². The molecule has 1 fully saturated rings. The Morgan fingerprint density at radius 1 is 0.595 bits per heavy atom. The van der Waals surface area contributed by atoms with Crippen molar-refractivity contribution in [3.05, 3.63) is 136 Å². The van der Waals surface area contributed by atoms with E-state index >= 15 is 9.59 Å². The van der Waals surface area contributed by atoms with Gasteiger partial charge in [0.05, 0.1) is 94.7 Å². The van der Waals surface area contributed by atoms with Crippen LogP contribution in [-0.2, 0) is 83.1 Å². The third-order valence-corrected chi connectivity index (χ3v) is 20.6. The second-order valence-electron chi connectivity index (χ2n) is 29.4. The Bertz CT molecular complexity index is 4300. The van der Waals surface area contributed by atoms with E-state index in [1.165, 1.54) is 56.3 Å². The highest BCUT2D eigenvalue weighted by atomic mass is 79.9. The van der Waals surface area contributed by atoms with Gasteiger partial charge in [-0.1, -0.05) is 119 Å². The maximum Gasteiger partial charge on any atom is 0.251 e. The number of aliphatic hydroxyl groups is 11. The van der Waals surface area contributed by atoms with Crippen molar-refractivity contribution in [3.8, 4) is 0 Å². The summed E-state index contributed by atoms with van der Waals surface area (Å²) in [5.74, 6) is -23.9. The molecule has 0 aliphatic carbocycles. The molecular weight excluding hydrogens is 1660 g/mol. The maximum atomic E-state index is 15.4. The highest BCUT2D eigenvalue weighted by Crippen LogP contribution is 2.25. The fourth-order valence-corrected chi connectivity index (χ4v) is 13.6. The van der Waals surface area contributed by atoms with Gasteiger partial charge in [0.2, 0.25) is 83.0 Å². The molecule has 7 rings (SSSR count). The molecule has 0 radical (unpaired) electrons. The summed E-state index contributed by atoms with van der Waals surface area (Å²) in [7, 11) is 0. The van der Waals surface area contributed by atoms with Crippen molar-refractivity contribution >= 4 is 111 Å². The number of benzene rings is 3. The van der Waals surface area contributed by atoms with E-state index in [2.05, 4.69) is 69.1 Å². The number of carboxylic acid groups (broad SMARTS) is 1. The number of nitrogens with two attached hydrogens (primary N) is 2. The number of nitrogens with one attached hydrogen (secondary N) is 13. The minimum atomic E-state index is -2.78. The van der Waals surface area contributed by atoms with Crippen LogP contribution >= 0.6 is 15.9 Å². The Balaban J connectivity index is 1.44. The van der Waals surface area contributed by atoms with Crippen molar-refractivity contribution < 1.29 is 143 Å². The lowest BCUT2D eigenvalue weighted by Crippen LogP contribution is -3.16. The highest BCUT2D eigenvalue weighted by molar-refractivity contribution is 9.10. The number of rotatable bonds is 18. The first-order valence-electron chi connectivity index (χ1n) is 38.0. The smallest absolute Gasteiger partial charge is 0.251 e. The molecule has 3 aromatic rings. The van der Waals surface area contributed by atoms with Crippen molar-refractivity contribution in [2.24, 2.45) is 11.5 Å². The molecule has 14 amide bonds. The van der Waals surface area contributed by atoms with E-state index in [9.17, 15) is 124 Å². The molecule has 0 spiro atoms. The Labute approximate surface area is 698 Å². The average Bonchev–Trinajstić information content (AvgIpc) is 1.63. The number of amides is 14. The molecule has 45 heteroatoms. The molecule has 4 bridgehead atoms. The summed E-state index contributed by atoms with van der Waals surface area (Å²) in [5, 5.41) is 163. The molecule has 28 N–H and O–H groups in total. The normalized spacial score (nSPS) is 30.0. The summed E-state index contributed by atoms with van der Waals surface area (Å²) in [6, 6.07) is -1.43. The minimum absolute atomic E-state index is 0.258. The zero-order chi connectivity index (χ0) is 89.4. The number of hydrogen-bond donors (Lipinski definition) is 26. The van der Waals surface area contributed by atoms with E-state index < -0.39 is 300 Å². The van der Waals surface area contributed by atoms with Gasteiger partial charge in [-0.2, -0.15) is 0 Å². The predicted octanol–water partition coefficient (Wildman–Crippen LogP) is -13.8. The van der Waals surface area contributed by atoms with Crippen LogP contribution in [0.4, 0.5) is 0 Å². The quantitative estimate of drug-likeness (QED) is 0.0526. The molecule has 0 saturated carbocycles. The Hall–Kier alpha value is -11.3. The van der Waals surface area contributed by atoms with Gasteiger partial charge in [-0.15, -0.1) is 0 Å². The van der Waals surface area contributed by atoms with Crippen LogP contribution in [0.25, 0.3) is 6.08 Å². The number of carboxylic acids is 1. The number of fused-ring (bicyclic) bond motifs is 2. The van der Waals surface area contributed by atoms with Crippen molar-refractivity contribution in [3.63, 3.8) is 0 Å². The number of allylic oxidation sites excluding steroid dienone is 2. The van der Waals surface area contributed by atoms with Gasteiger partial charge in [-0.05, 0) is 49.1 Å². The Morgan fingerprint density at radius 3 is 1.77 bits per heavy atom. The zero-order valence-corrected chi connectivity index (χ0v) is 67.0. The van der Waals surface area contributed by atoms with Crippen LogP contribution < -0.4 is 85.3 Å². The molecule has 44 nitrogen and oxygen atoms in total. The van der Waals surface area contributed by atoms with Gasteiger partial charge >= 0.3 is 0 Å². The van der Waals surface area contributed by atoms with Crippen LogP contribution in [0.15, 0.2) is 119 Å². The molecular formula is C76H101BrN16O28. The first-order valence-corrected chi connectivity index (χ1v) is 38.8. The van der Waals surface area contributed by atoms with Crippen LogP contribution in [0.1, 0.15) is 75.5 Å².